The van der Waals surface area contributed by atoms with Crippen molar-refractivity contribution in [3.8, 4) is 0 Å². The first kappa shape index (κ1) is 11.7. The van der Waals surface area contributed by atoms with Gasteiger partial charge in [-0.2, -0.15) is 0 Å². The second-order valence-electron chi connectivity index (χ2n) is 4.32. The minimum Gasteiger partial charge on any atom is -0.448 e. The maximum Gasteiger partial charge on any atom is 0.409 e. The Bertz CT molecular complexity index is 223. The second-order valence-corrected chi connectivity index (χ2v) is 4.32. The van der Waals surface area contributed by atoms with Gasteiger partial charge in [0.15, 0.2) is 0 Å². The monoisotopic (exact) mass is 228 g/mol. The van der Waals surface area contributed by atoms with Gasteiger partial charge in [-0.25, -0.2) is 4.79 Å². The molecule has 0 aromatic rings. The van der Waals surface area contributed by atoms with Crippen LogP contribution in [0.5, 0.6) is 0 Å². The van der Waals surface area contributed by atoms with Crippen LogP contribution >= 0.6 is 0 Å². The number of ether oxygens (including phenoxy) is 2. The highest BCUT2D eigenvalue weighted by Gasteiger charge is 2.20. The number of carbonyl (C=O) groups excluding carboxylic acids is 1. The Morgan fingerprint density at radius 1 is 1.38 bits per heavy atom. The van der Waals surface area contributed by atoms with Crippen LogP contribution in [0.15, 0.2) is 0 Å². The highest BCUT2D eigenvalue weighted by molar-refractivity contribution is 5.67. The average Bonchev–Trinajstić information content (AvgIpc) is 2.38. The molecule has 1 N–H and O–H groups in total. The number of rotatable bonds is 2. The van der Waals surface area contributed by atoms with Crippen molar-refractivity contribution in [3.05, 3.63) is 0 Å². The smallest absolute Gasteiger partial charge is 0.409 e. The molecule has 2 saturated heterocycles. The maximum absolute atomic E-state index is 11.7. The lowest BCUT2D eigenvalue weighted by Gasteiger charge is -2.28. The van der Waals surface area contributed by atoms with E-state index in [1.807, 2.05) is 0 Å². The lowest BCUT2D eigenvalue weighted by Crippen LogP contribution is -2.44. The Labute approximate surface area is 96.1 Å². The molecule has 92 valence electrons. The average molecular weight is 228 g/mol. The number of nitrogens with zero attached hydrogens (tertiary/aromatic N) is 1. The molecule has 2 heterocycles. The summed E-state index contributed by atoms with van der Waals surface area (Å²) in [5, 5.41) is 3.36. The lowest BCUT2D eigenvalue weighted by molar-refractivity contribution is 0.0238. The summed E-state index contributed by atoms with van der Waals surface area (Å²) in [6.45, 7) is 4.08. The van der Waals surface area contributed by atoms with Crippen LogP contribution in [0.3, 0.4) is 0 Å². The summed E-state index contributed by atoms with van der Waals surface area (Å²) in [5.74, 6) is 0. The molecule has 1 amide bonds. The minimum atomic E-state index is -0.198. The number of hydrogen-bond donors (Lipinski definition) is 1. The van der Waals surface area contributed by atoms with E-state index < -0.39 is 0 Å². The first-order chi connectivity index (χ1) is 7.86. The summed E-state index contributed by atoms with van der Waals surface area (Å²) in [7, 11) is 0. The fourth-order valence-corrected chi connectivity index (χ4v) is 2.08. The van der Waals surface area contributed by atoms with Crippen LogP contribution in [0, 0.1) is 0 Å². The highest BCUT2D eigenvalue weighted by Crippen LogP contribution is 2.08. The lowest BCUT2D eigenvalue weighted by atomic mass is 10.1. The molecule has 2 aliphatic rings. The van der Waals surface area contributed by atoms with Gasteiger partial charge in [-0.15, -0.1) is 0 Å². The van der Waals surface area contributed by atoms with Gasteiger partial charge >= 0.3 is 6.09 Å². The predicted octanol–water partition coefficient (Wildman–Crippen LogP) is 0.597. The van der Waals surface area contributed by atoms with E-state index in [1.165, 1.54) is 12.8 Å². The van der Waals surface area contributed by atoms with Crippen LogP contribution < -0.4 is 5.32 Å². The Morgan fingerprint density at radius 2 is 2.19 bits per heavy atom. The van der Waals surface area contributed by atoms with Gasteiger partial charge in [0.2, 0.25) is 0 Å². The SMILES string of the molecule is O=C(OC[C@@H]1CCCCN1)N1CCOCC1. The normalized spacial score (nSPS) is 26.5. The van der Waals surface area contributed by atoms with E-state index in [0.717, 1.165) is 13.0 Å². The molecule has 0 aromatic heterocycles. The minimum absolute atomic E-state index is 0.198. The molecule has 5 heteroatoms. The van der Waals surface area contributed by atoms with Crippen molar-refractivity contribution in [1.82, 2.24) is 10.2 Å². The fourth-order valence-electron chi connectivity index (χ4n) is 2.08. The van der Waals surface area contributed by atoms with E-state index >= 15 is 0 Å². The Balaban J connectivity index is 1.65. The molecule has 0 aliphatic carbocycles. The zero-order valence-corrected chi connectivity index (χ0v) is 9.61. The number of morpholine rings is 1. The van der Waals surface area contributed by atoms with Gasteiger partial charge in [0.1, 0.15) is 6.61 Å². The number of piperidine rings is 1. The third kappa shape index (κ3) is 3.35. The first-order valence-corrected chi connectivity index (χ1v) is 6.09. The van der Waals surface area contributed by atoms with Gasteiger partial charge in [0.25, 0.3) is 0 Å². The summed E-state index contributed by atoms with van der Waals surface area (Å²) in [6.07, 6.45) is 3.37. The number of carbonyl (C=O) groups is 1. The van der Waals surface area contributed by atoms with Crippen molar-refractivity contribution in [2.75, 3.05) is 39.5 Å². The molecule has 5 nitrogen and oxygen atoms in total. The van der Waals surface area contributed by atoms with Crippen LogP contribution in [0.25, 0.3) is 0 Å². The van der Waals surface area contributed by atoms with Gasteiger partial charge in [-0.1, -0.05) is 6.42 Å². The number of nitrogens with one attached hydrogen (secondary N) is 1. The van der Waals surface area contributed by atoms with Crippen molar-refractivity contribution >= 4 is 6.09 Å². The van der Waals surface area contributed by atoms with E-state index in [0.29, 0.717) is 39.0 Å². The fraction of sp³-hybridized carbons (Fsp3) is 0.909. The van der Waals surface area contributed by atoms with Crippen molar-refractivity contribution in [2.45, 2.75) is 25.3 Å². The first-order valence-electron chi connectivity index (χ1n) is 6.09. The largest absolute Gasteiger partial charge is 0.448 e. The Hall–Kier alpha value is -0.810. The molecule has 0 spiro atoms. The second kappa shape index (κ2) is 6.06. The molecule has 0 aromatic carbocycles. The maximum atomic E-state index is 11.7. The third-order valence-corrected chi connectivity index (χ3v) is 3.09. The number of amides is 1. The standard InChI is InChI=1S/C11H20N2O3/c14-11(13-5-7-15-8-6-13)16-9-10-3-1-2-4-12-10/h10,12H,1-9H2/t10-/m0/s1. The molecule has 1 atom stereocenters. The number of hydrogen-bond acceptors (Lipinski definition) is 4. The zero-order valence-electron chi connectivity index (χ0n) is 9.61. The van der Waals surface area contributed by atoms with Gasteiger partial charge in [0.05, 0.1) is 13.2 Å². The summed E-state index contributed by atoms with van der Waals surface area (Å²) < 4.78 is 10.5. The van der Waals surface area contributed by atoms with Crippen LogP contribution in [-0.2, 0) is 9.47 Å². The van der Waals surface area contributed by atoms with Crippen LogP contribution in [-0.4, -0.2) is 56.5 Å². The summed E-state index contributed by atoms with van der Waals surface area (Å²) in [6, 6.07) is 0.346. The molecule has 0 bridgehead atoms. The van der Waals surface area contributed by atoms with Crippen molar-refractivity contribution in [3.63, 3.8) is 0 Å². The summed E-state index contributed by atoms with van der Waals surface area (Å²) >= 11 is 0. The van der Waals surface area contributed by atoms with Crippen molar-refractivity contribution < 1.29 is 14.3 Å². The van der Waals surface area contributed by atoms with E-state index in [-0.39, 0.29) is 6.09 Å². The molecule has 0 saturated carbocycles. The molecule has 2 rings (SSSR count). The molecule has 2 fully saturated rings. The van der Waals surface area contributed by atoms with E-state index in [2.05, 4.69) is 5.32 Å². The highest BCUT2D eigenvalue weighted by atomic mass is 16.6. The van der Waals surface area contributed by atoms with Gasteiger partial charge in [-0.05, 0) is 19.4 Å². The van der Waals surface area contributed by atoms with Crippen molar-refractivity contribution in [2.24, 2.45) is 0 Å². The van der Waals surface area contributed by atoms with Crippen molar-refractivity contribution in [1.29, 1.82) is 0 Å². The van der Waals surface area contributed by atoms with Gasteiger partial charge < -0.3 is 19.7 Å². The van der Waals surface area contributed by atoms with E-state index in [9.17, 15) is 4.79 Å². The summed E-state index contributed by atoms with van der Waals surface area (Å²) in [4.78, 5) is 13.4. The Morgan fingerprint density at radius 3 is 2.88 bits per heavy atom. The van der Waals surface area contributed by atoms with Gasteiger partial charge in [0, 0.05) is 19.1 Å². The Kier molecular flexibility index (Phi) is 4.42. The molecule has 2 aliphatic heterocycles. The zero-order chi connectivity index (χ0) is 11.2. The van der Waals surface area contributed by atoms with Gasteiger partial charge in [-0.3, -0.25) is 0 Å². The molecule has 0 unspecified atom stereocenters. The molecular formula is C11H20N2O3. The van der Waals surface area contributed by atoms with Crippen LogP contribution in [0.4, 0.5) is 4.79 Å². The van der Waals surface area contributed by atoms with E-state index in [1.54, 1.807) is 4.90 Å². The van der Waals surface area contributed by atoms with Crippen LogP contribution in [0.2, 0.25) is 0 Å². The molecular weight excluding hydrogens is 208 g/mol. The third-order valence-electron chi connectivity index (χ3n) is 3.09. The van der Waals surface area contributed by atoms with Crippen LogP contribution in [0.1, 0.15) is 19.3 Å². The molecule has 16 heavy (non-hydrogen) atoms. The summed E-state index contributed by atoms with van der Waals surface area (Å²) in [5.41, 5.74) is 0. The quantitative estimate of drug-likeness (QED) is 0.752. The molecule has 0 radical (unpaired) electrons. The van der Waals surface area contributed by atoms with E-state index in [4.69, 9.17) is 9.47 Å². The topological polar surface area (TPSA) is 50.8 Å². The predicted molar refractivity (Wildman–Crippen MR) is 59.4 cm³/mol.